The highest BCUT2D eigenvalue weighted by Crippen LogP contribution is 2.26. The molecule has 5 nitrogen and oxygen atoms in total. The van der Waals surface area contributed by atoms with Crippen LogP contribution in [-0.2, 0) is 4.79 Å². The molecule has 1 aromatic carbocycles. The lowest BCUT2D eigenvalue weighted by Gasteiger charge is -2.20. The first-order valence-corrected chi connectivity index (χ1v) is 8.11. The van der Waals surface area contributed by atoms with Crippen molar-refractivity contribution >= 4 is 11.6 Å². The first-order valence-electron chi connectivity index (χ1n) is 8.11. The molecule has 5 heteroatoms. The van der Waals surface area contributed by atoms with Crippen molar-refractivity contribution < 1.29 is 4.79 Å². The second kappa shape index (κ2) is 6.77. The van der Waals surface area contributed by atoms with E-state index in [2.05, 4.69) is 15.5 Å². The Labute approximate surface area is 135 Å². The molecular weight excluding hydrogens is 290 g/mol. The van der Waals surface area contributed by atoms with Crippen LogP contribution in [0.4, 0.5) is 5.69 Å². The van der Waals surface area contributed by atoms with Crippen LogP contribution >= 0.6 is 0 Å². The fraction of sp³-hybridized carbons (Fsp3) is 0.389. The topological polar surface area (TPSA) is 74.8 Å². The summed E-state index contributed by atoms with van der Waals surface area (Å²) >= 11 is 0. The van der Waals surface area contributed by atoms with Crippen LogP contribution in [0.5, 0.6) is 0 Å². The monoisotopic (exact) mass is 311 g/mol. The third-order valence-corrected chi connectivity index (χ3v) is 4.40. The second-order valence-corrected chi connectivity index (χ2v) is 6.17. The number of hydrogen-bond donors (Lipinski definition) is 2. The quantitative estimate of drug-likeness (QED) is 0.913. The van der Waals surface area contributed by atoms with E-state index in [1.54, 1.807) is 0 Å². The molecule has 1 fully saturated rings. The van der Waals surface area contributed by atoms with Gasteiger partial charge < -0.3 is 5.32 Å². The van der Waals surface area contributed by atoms with Crippen molar-refractivity contribution in [3.05, 3.63) is 46.2 Å². The van der Waals surface area contributed by atoms with Crippen LogP contribution in [0.25, 0.3) is 11.3 Å². The van der Waals surface area contributed by atoms with Crippen molar-refractivity contribution in [1.82, 2.24) is 10.2 Å². The molecule has 0 radical (unpaired) electrons. The number of nitrogens with one attached hydrogen (secondary N) is 2. The van der Waals surface area contributed by atoms with Gasteiger partial charge in [-0.25, -0.2) is 5.10 Å². The van der Waals surface area contributed by atoms with E-state index in [9.17, 15) is 9.59 Å². The Hall–Kier alpha value is -2.43. The number of carbonyl (C=O) groups is 1. The zero-order valence-electron chi connectivity index (χ0n) is 13.3. The normalized spacial score (nSPS) is 15.3. The SMILES string of the molecule is Cc1cc(=O)[nH]nc1-c1ccc(NC(=O)C2CCCCC2)cc1. The number of rotatable bonds is 3. The highest BCUT2D eigenvalue weighted by Gasteiger charge is 2.20. The van der Waals surface area contributed by atoms with Crippen molar-refractivity contribution in [2.24, 2.45) is 5.92 Å². The van der Waals surface area contributed by atoms with Crippen molar-refractivity contribution in [3.63, 3.8) is 0 Å². The number of nitrogens with zero attached hydrogens (tertiary/aromatic N) is 1. The molecule has 1 aromatic heterocycles. The Morgan fingerprint density at radius 3 is 2.52 bits per heavy atom. The number of aromatic amines is 1. The van der Waals surface area contributed by atoms with E-state index in [1.165, 1.54) is 12.5 Å². The van der Waals surface area contributed by atoms with Crippen LogP contribution in [0.1, 0.15) is 37.7 Å². The Kier molecular flexibility index (Phi) is 4.55. The molecule has 0 bridgehead atoms. The Balaban J connectivity index is 1.71. The fourth-order valence-corrected chi connectivity index (χ4v) is 3.11. The number of benzene rings is 1. The summed E-state index contributed by atoms with van der Waals surface area (Å²) in [5.41, 5.74) is 3.07. The smallest absolute Gasteiger partial charge is 0.264 e. The summed E-state index contributed by atoms with van der Waals surface area (Å²) < 4.78 is 0. The first-order chi connectivity index (χ1) is 11.1. The zero-order valence-corrected chi connectivity index (χ0v) is 13.3. The lowest BCUT2D eigenvalue weighted by Crippen LogP contribution is -2.24. The van der Waals surface area contributed by atoms with E-state index >= 15 is 0 Å². The number of aryl methyl sites for hydroxylation is 1. The van der Waals surface area contributed by atoms with Crippen molar-refractivity contribution in [3.8, 4) is 11.3 Å². The van der Waals surface area contributed by atoms with Gasteiger partial charge in [0, 0.05) is 23.2 Å². The lowest BCUT2D eigenvalue weighted by atomic mass is 9.88. The number of carbonyl (C=O) groups excluding carboxylic acids is 1. The van der Waals surface area contributed by atoms with E-state index < -0.39 is 0 Å². The average molecular weight is 311 g/mol. The van der Waals surface area contributed by atoms with Crippen LogP contribution in [-0.4, -0.2) is 16.1 Å². The summed E-state index contributed by atoms with van der Waals surface area (Å²) in [6.45, 7) is 1.86. The third kappa shape index (κ3) is 3.67. The molecule has 3 rings (SSSR count). The number of H-pyrrole nitrogens is 1. The summed E-state index contributed by atoms with van der Waals surface area (Å²) in [7, 11) is 0. The Bertz CT molecular complexity index is 744. The number of aromatic nitrogens is 2. The molecule has 0 saturated heterocycles. The fourth-order valence-electron chi connectivity index (χ4n) is 3.11. The van der Waals surface area contributed by atoms with E-state index in [0.29, 0.717) is 0 Å². The van der Waals surface area contributed by atoms with Gasteiger partial charge in [0.1, 0.15) is 0 Å². The Morgan fingerprint density at radius 1 is 1.17 bits per heavy atom. The number of anilines is 1. The molecule has 1 aliphatic carbocycles. The van der Waals surface area contributed by atoms with Gasteiger partial charge in [0.25, 0.3) is 5.56 Å². The van der Waals surface area contributed by atoms with Gasteiger partial charge in [-0.05, 0) is 37.5 Å². The largest absolute Gasteiger partial charge is 0.326 e. The summed E-state index contributed by atoms with van der Waals surface area (Å²) in [6.07, 6.45) is 5.52. The summed E-state index contributed by atoms with van der Waals surface area (Å²) in [6, 6.07) is 9.10. The summed E-state index contributed by atoms with van der Waals surface area (Å²) in [5, 5.41) is 9.54. The summed E-state index contributed by atoms with van der Waals surface area (Å²) in [4.78, 5) is 23.5. The molecular formula is C18H21N3O2. The molecule has 0 unspecified atom stereocenters. The second-order valence-electron chi connectivity index (χ2n) is 6.17. The average Bonchev–Trinajstić information content (AvgIpc) is 2.57. The maximum absolute atomic E-state index is 12.3. The lowest BCUT2D eigenvalue weighted by molar-refractivity contribution is -0.120. The zero-order chi connectivity index (χ0) is 16.2. The molecule has 120 valence electrons. The van der Waals surface area contributed by atoms with Gasteiger partial charge >= 0.3 is 0 Å². The van der Waals surface area contributed by atoms with Crippen molar-refractivity contribution in [1.29, 1.82) is 0 Å². The molecule has 1 saturated carbocycles. The van der Waals surface area contributed by atoms with E-state index in [0.717, 1.165) is 48.2 Å². The van der Waals surface area contributed by atoms with Crippen molar-refractivity contribution in [2.45, 2.75) is 39.0 Å². The van der Waals surface area contributed by atoms with Gasteiger partial charge in [0.05, 0.1) is 5.69 Å². The van der Waals surface area contributed by atoms with Gasteiger partial charge in [-0.1, -0.05) is 31.4 Å². The molecule has 23 heavy (non-hydrogen) atoms. The predicted octanol–water partition coefficient (Wildman–Crippen LogP) is 3.26. The molecule has 0 atom stereocenters. The maximum Gasteiger partial charge on any atom is 0.264 e. The van der Waals surface area contributed by atoms with Gasteiger partial charge in [-0.2, -0.15) is 5.10 Å². The highest BCUT2D eigenvalue weighted by molar-refractivity contribution is 5.92. The maximum atomic E-state index is 12.3. The predicted molar refractivity (Wildman–Crippen MR) is 90.2 cm³/mol. The van der Waals surface area contributed by atoms with E-state index in [-0.39, 0.29) is 17.4 Å². The molecule has 1 heterocycles. The molecule has 2 N–H and O–H groups in total. The minimum atomic E-state index is -0.206. The molecule has 0 spiro atoms. The van der Waals surface area contributed by atoms with E-state index in [1.807, 2.05) is 31.2 Å². The minimum Gasteiger partial charge on any atom is -0.326 e. The molecule has 1 aliphatic rings. The standard InChI is InChI=1S/C18H21N3O2/c1-12-11-16(22)20-21-17(12)13-7-9-15(10-8-13)19-18(23)14-5-3-2-4-6-14/h7-11,14H,2-6H2,1H3,(H,19,23)(H,20,22). The first kappa shape index (κ1) is 15.5. The number of amides is 1. The van der Waals surface area contributed by atoms with Gasteiger partial charge in [-0.15, -0.1) is 0 Å². The highest BCUT2D eigenvalue weighted by atomic mass is 16.2. The third-order valence-electron chi connectivity index (χ3n) is 4.40. The van der Waals surface area contributed by atoms with Crippen LogP contribution in [0.3, 0.4) is 0 Å². The molecule has 1 amide bonds. The van der Waals surface area contributed by atoms with Gasteiger partial charge in [0.15, 0.2) is 0 Å². The molecule has 0 aliphatic heterocycles. The van der Waals surface area contributed by atoms with Crippen LogP contribution in [0.2, 0.25) is 0 Å². The Morgan fingerprint density at radius 2 is 1.87 bits per heavy atom. The number of hydrogen-bond acceptors (Lipinski definition) is 3. The van der Waals surface area contributed by atoms with Gasteiger partial charge in [-0.3, -0.25) is 9.59 Å². The molecule has 2 aromatic rings. The minimum absolute atomic E-state index is 0.121. The van der Waals surface area contributed by atoms with Gasteiger partial charge in [0.2, 0.25) is 5.91 Å². The van der Waals surface area contributed by atoms with Crippen LogP contribution in [0.15, 0.2) is 35.1 Å². The van der Waals surface area contributed by atoms with Crippen LogP contribution in [0, 0.1) is 12.8 Å². The summed E-state index contributed by atoms with van der Waals surface area (Å²) in [5.74, 6) is 0.266. The van der Waals surface area contributed by atoms with E-state index in [4.69, 9.17) is 0 Å². The van der Waals surface area contributed by atoms with Crippen LogP contribution < -0.4 is 10.9 Å². The van der Waals surface area contributed by atoms with Crippen molar-refractivity contribution in [2.75, 3.05) is 5.32 Å².